The first-order valence-corrected chi connectivity index (χ1v) is 16.6. The molecule has 4 nitrogen and oxygen atoms in total. The molecule has 1 amide bonds. The molecule has 3 N–H and O–H groups in total. The van der Waals surface area contributed by atoms with Gasteiger partial charge in [0.2, 0.25) is 5.91 Å². The number of amides is 1. The van der Waals surface area contributed by atoms with E-state index in [2.05, 4.69) is 31.3 Å². The van der Waals surface area contributed by atoms with Gasteiger partial charge in [-0.15, -0.1) is 0 Å². The average molecular weight is 536 g/mol. The number of rotatable bonds is 29. The van der Waals surface area contributed by atoms with Crippen molar-refractivity contribution in [2.24, 2.45) is 0 Å². The molecule has 4 heteroatoms. The van der Waals surface area contributed by atoms with E-state index in [0.717, 1.165) is 38.5 Å². The molecule has 0 rings (SSSR count). The van der Waals surface area contributed by atoms with Crippen molar-refractivity contribution in [2.45, 2.75) is 180 Å². The average Bonchev–Trinajstić information content (AvgIpc) is 2.92. The van der Waals surface area contributed by atoms with Crippen LogP contribution in [-0.2, 0) is 4.79 Å². The fourth-order valence-corrected chi connectivity index (χ4v) is 4.80. The number of carbonyl (C=O) groups is 1. The molecule has 0 aromatic rings. The third-order valence-corrected chi connectivity index (χ3v) is 7.43. The maximum atomic E-state index is 12.2. The van der Waals surface area contributed by atoms with Gasteiger partial charge < -0.3 is 15.5 Å². The molecule has 224 valence electrons. The molecule has 0 fully saturated rings. The van der Waals surface area contributed by atoms with Crippen LogP contribution in [0.3, 0.4) is 0 Å². The molecular formula is C34H65NO3. The Morgan fingerprint density at radius 2 is 1.03 bits per heavy atom. The normalized spacial score (nSPS) is 13.5. The summed E-state index contributed by atoms with van der Waals surface area (Å²) in [6, 6.07) is -0.620. The largest absolute Gasteiger partial charge is 0.394 e. The van der Waals surface area contributed by atoms with Gasteiger partial charge >= 0.3 is 0 Å². The molecule has 2 atom stereocenters. The molecule has 38 heavy (non-hydrogen) atoms. The fourth-order valence-electron chi connectivity index (χ4n) is 4.80. The summed E-state index contributed by atoms with van der Waals surface area (Å²) in [5, 5.41) is 22.8. The number of hydrogen-bond acceptors (Lipinski definition) is 3. The van der Waals surface area contributed by atoms with E-state index < -0.39 is 12.1 Å². The summed E-state index contributed by atoms with van der Waals surface area (Å²) in [6.07, 6.45) is 36.8. The molecule has 0 spiro atoms. The van der Waals surface area contributed by atoms with Gasteiger partial charge in [0.05, 0.1) is 18.8 Å². The number of carbonyl (C=O) groups excluding carboxylic acids is 1. The number of allylic oxidation sites excluding steroid dienone is 3. The van der Waals surface area contributed by atoms with Crippen LogP contribution in [0.4, 0.5) is 0 Å². The lowest BCUT2D eigenvalue weighted by atomic mass is 10.0. The summed E-state index contributed by atoms with van der Waals surface area (Å²) >= 11 is 0. The quantitative estimate of drug-likeness (QED) is 0.0660. The summed E-state index contributed by atoms with van der Waals surface area (Å²) in [7, 11) is 0. The van der Waals surface area contributed by atoms with Gasteiger partial charge in [0, 0.05) is 6.42 Å². The van der Waals surface area contributed by atoms with Gasteiger partial charge in [-0.2, -0.15) is 0 Å². The molecule has 0 bridgehead atoms. The molecule has 0 aromatic carbocycles. The van der Waals surface area contributed by atoms with Crippen LogP contribution in [-0.4, -0.2) is 34.9 Å². The Labute approximate surface area is 237 Å². The number of aliphatic hydroxyl groups excluding tert-OH is 2. The summed E-state index contributed by atoms with van der Waals surface area (Å²) in [5.41, 5.74) is 0. The van der Waals surface area contributed by atoms with E-state index in [9.17, 15) is 15.0 Å². The van der Waals surface area contributed by atoms with Gasteiger partial charge in [-0.3, -0.25) is 4.79 Å². The highest BCUT2D eigenvalue weighted by Gasteiger charge is 2.17. The lowest BCUT2D eigenvalue weighted by Gasteiger charge is -2.20. The Morgan fingerprint density at radius 1 is 0.605 bits per heavy atom. The van der Waals surface area contributed by atoms with E-state index in [1.54, 1.807) is 6.08 Å². The zero-order chi connectivity index (χ0) is 27.9. The molecule has 0 aromatic heterocycles. The molecule has 0 aliphatic carbocycles. The predicted octanol–water partition coefficient (Wildman–Crippen LogP) is 9.34. The van der Waals surface area contributed by atoms with E-state index in [1.807, 2.05) is 6.08 Å². The van der Waals surface area contributed by atoms with Crippen LogP contribution in [0.2, 0.25) is 0 Å². The third kappa shape index (κ3) is 26.5. The SMILES string of the molecule is CCCC/C=C\CCCCCCCC(=O)NC(CO)C(O)/C=C/CCCCCCCCCCCCCCC. The molecule has 0 heterocycles. The predicted molar refractivity (Wildman–Crippen MR) is 165 cm³/mol. The topological polar surface area (TPSA) is 69.6 Å². The Hall–Kier alpha value is -1.13. The maximum Gasteiger partial charge on any atom is 0.220 e. The van der Waals surface area contributed by atoms with Crippen molar-refractivity contribution in [3.63, 3.8) is 0 Å². The summed E-state index contributed by atoms with van der Waals surface area (Å²) in [5.74, 6) is -0.0770. The second-order valence-corrected chi connectivity index (χ2v) is 11.2. The highest BCUT2D eigenvalue weighted by atomic mass is 16.3. The summed E-state index contributed by atoms with van der Waals surface area (Å²) < 4.78 is 0. The van der Waals surface area contributed by atoms with Gasteiger partial charge in [0.1, 0.15) is 0 Å². The summed E-state index contributed by atoms with van der Waals surface area (Å²) in [4.78, 5) is 12.2. The van der Waals surface area contributed by atoms with Gasteiger partial charge in [-0.05, 0) is 38.5 Å². The number of aliphatic hydroxyl groups is 2. The van der Waals surface area contributed by atoms with Gasteiger partial charge in [-0.1, -0.05) is 147 Å². The minimum atomic E-state index is -0.837. The monoisotopic (exact) mass is 535 g/mol. The molecule has 0 aliphatic rings. The lowest BCUT2D eigenvalue weighted by molar-refractivity contribution is -0.123. The first kappa shape index (κ1) is 36.9. The van der Waals surface area contributed by atoms with E-state index in [1.165, 1.54) is 109 Å². The zero-order valence-electron chi connectivity index (χ0n) is 25.4. The molecule has 0 saturated carbocycles. The smallest absolute Gasteiger partial charge is 0.220 e. The van der Waals surface area contributed by atoms with Crippen molar-refractivity contribution < 1.29 is 15.0 Å². The van der Waals surface area contributed by atoms with Crippen LogP contribution in [0, 0.1) is 0 Å². The molecule has 2 unspecified atom stereocenters. The Balaban J connectivity index is 3.66. The number of nitrogens with one attached hydrogen (secondary N) is 1. The van der Waals surface area contributed by atoms with Crippen molar-refractivity contribution in [3.8, 4) is 0 Å². The number of unbranched alkanes of at least 4 members (excludes halogenated alkanes) is 20. The Kier molecular flexibility index (Phi) is 29.5. The van der Waals surface area contributed by atoms with Gasteiger partial charge in [-0.25, -0.2) is 0 Å². The minimum Gasteiger partial charge on any atom is -0.394 e. The van der Waals surface area contributed by atoms with Crippen molar-refractivity contribution in [1.29, 1.82) is 0 Å². The maximum absolute atomic E-state index is 12.2. The van der Waals surface area contributed by atoms with Crippen molar-refractivity contribution in [1.82, 2.24) is 5.32 Å². The van der Waals surface area contributed by atoms with Crippen LogP contribution in [0.5, 0.6) is 0 Å². The third-order valence-electron chi connectivity index (χ3n) is 7.43. The van der Waals surface area contributed by atoms with Crippen molar-refractivity contribution >= 4 is 5.91 Å². The van der Waals surface area contributed by atoms with Crippen molar-refractivity contribution in [3.05, 3.63) is 24.3 Å². The van der Waals surface area contributed by atoms with Gasteiger partial charge in [0.25, 0.3) is 0 Å². The zero-order valence-corrected chi connectivity index (χ0v) is 25.4. The van der Waals surface area contributed by atoms with Crippen molar-refractivity contribution in [2.75, 3.05) is 6.61 Å². The molecular weight excluding hydrogens is 470 g/mol. The van der Waals surface area contributed by atoms with E-state index in [0.29, 0.717) is 6.42 Å². The minimum absolute atomic E-state index is 0.0770. The fraction of sp³-hybridized carbons (Fsp3) is 0.853. The molecule has 0 radical (unpaired) electrons. The number of hydrogen-bond donors (Lipinski definition) is 3. The van der Waals surface area contributed by atoms with Crippen LogP contribution >= 0.6 is 0 Å². The molecule has 0 saturated heterocycles. The standard InChI is InChI=1S/C34H65NO3/c1-3-5-7-9-11-13-15-16-17-18-20-21-23-25-27-29-33(37)32(31-36)35-34(38)30-28-26-24-22-19-14-12-10-8-6-4-2/h10,12,27,29,32-33,36-37H,3-9,11,13-26,28,30-31H2,1-2H3,(H,35,38)/b12-10-,29-27+. The summed E-state index contributed by atoms with van der Waals surface area (Å²) in [6.45, 7) is 4.24. The second-order valence-electron chi connectivity index (χ2n) is 11.2. The Morgan fingerprint density at radius 3 is 1.53 bits per heavy atom. The first-order chi connectivity index (χ1) is 18.7. The van der Waals surface area contributed by atoms with Crippen LogP contribution < -0.4 is 5.32 Å². The van der Waals surface area contributed by atoms with Crippen LogP contribution in [0.1, 0.15) is 168 Å². The van der Waals surface area contributed by atoms with Crippen LogP contribution in [0.25, 0.3) is 0 Å². The highest BCUT2D eigenvalue weighted by Crippen LogP contribution is 2.13. The molecule has 0 aliphatic heterocycles. The van der Waals surface area contributed by atoms with Gasteiger partial charge in [0.15, 0.2) is 0 Å². The van der Waals surface area contributed by atoms with E-state index in [4.69, 9.17) is 0 Å². The highest BCUT2D eigenvalue weighted by molar-refractivity contribution is 5.76. The van der Waals surface area contributed by atoms with E-state index >= 15 is 0 Å². The van der Waals surface area contributed by atoms with E-state index in [-0.39, 0.29) is 12.5 Å². The van der Waals surface area contributed by atoms with Crippen LogP contribution in [0.15, 0.2) is 24.3 Å². The Bertz CT molecular complexity index is 546. The lowest BCUT2D eigenvalue weighted by Crippen LogP contribution is -2.45. The second kappa shape index (κ2) is 30.4. The first-order valence-electron chi connectivity index (χ1n) is 16.6.